The summed E-state index contributed by atoms with van der Waals surface area (Å²) in [5, 5.41) is 3.33. The van der Waals surface area contributed by atoms with Crippen LogP contribution in [0.3, 0.4) is 0 Å². The van der Waals surface area contributed by atoms with Crippen LogP contribution >= 0.6 is 0 Å². The molecule has 2 nitrogen and oxygen atoms in total. The van der Waals surface area contributed by atoms with Crippen molar-refractivity contribution in [3.05, 3.63) is 24.4 Å². The highest BCUT2D eigenvalue weighted by Gasteiger charge is 2.22. The highest BCUT2D eigenvalue weighted by molar-refractivity contribution is 5.07. The summed E-state index contributed by atoms with van der Waals surface area (Å²) in [6.07, 6.45) is 6.71. The summed E-state index contributed by atoms with van der Waals surface area (Å²) in [5.74, 6) is 0. The minimum atomic E-state index is 0.547. The van der Waals surface area contributed by atoms with Crippen molar-refractivity contribution in [1.82, 2.24) is 10.2 Å². The zero-order valence-corrected chi connectivity index (χ0v) is 8.71. The lowest BCUT2D eigenvalue weighted by Gasteiger charge is -2.22. The van der Waals surface area contributed by atoms with Gasteiger partial charge in [-0.05, 0) is 33.4 Å². The molecule has 0 radical (unpaired) electrons. The smallest absolute Gasteiger partial charge is 0.0486 e. The first-order valence-corrected chi connectivity index (χ1v) is 4.99. The Morgan fingerprint density at radius 1 is 1.69 bits per heavy atom. The monoisotopic (exact) mass is 180 g/mol. The summed E-state index contributed by atoms with van der Waals surface area (Å²) in [4.78, 5) is 2.37. The second-order valence-corrected chi connectivity index (χ2v) is 3.61. The number of allylic oxidation sites excluding steroid dienone is 1. The molecule has 1 saturated heterocycles. The van der Waals surface area contributed by atoms with Crippen molar-refractivity contribution in [2.45, 2.75) is 25.8 Å². The lowest BCUT2D eigenvalue weighted by atomic mass is 10.2. The molecule has 0 aliphatic carbocycles. The molecule has 0 aromatic rings. The van der Waals surface area contributed by atoms with Gasteiger partial charge in [-0.3, -0.25) is 4.90 Å². The van der Waals surface area contributed by atoms with Gasteiger partial charge >= 0.3 is 0 Å². The van der Waals surface area contributed by atoms with Crippen molar-refractivity contribution in [1.29, 1.82) is 0 Å². The molecular weight excluding hydrogens is 160 g/mol. The average molecular weight is 180 g/mol. The lowest BCUT2D eigenvalue weighted by molar-refractivity contribution is 0.336. The number of nitrogens with zero attached hydrogens (tertiary/aromatic N) is 1. The van der Waals surface area contributed by atoms with Crippen molar-refractivity contribution in [2.75, 3.05) is 20.1 Å². The first kappa shape index (κ1) is 10.3. The third-order valence-corrected chi connectivity index (χ3v) is 2.61. The second-order valence-electron chi connectivity index (χ2n) is 3.61. The van der Waals surface area contributed by atoms with Gasteiger partial charge in [0.1, 0.15) is 0 Å². The number of likely N-dealkylation sites (tertiary alicyclic amines) is 1. The van der Waals surface area contributed by atoms with E-state index in [1.807, 2.05) is 6.92 Å². The zero-order valence-electron chi connectivity index (χ0n) is 8.71. The van der Waals surface area contributed by atoms with Gasteiger partial charge in [-0.1, -0.05) is 18.7 Å². The fourth-order valence-electron chi connectivity index (χ4n) is 1.78. The molecule has 1 aliphatic heterocycles. The largest absolute Gasteiger partial charge is 0.384 e. The van der Waals surface area contributed by atoms with Gasteiger partial charge in [-0.15, -0.1) is 0 Å². The quantitative estimate of drug-likeness (QED) is 0.663. The first-order valence-electron chi connectivity index (χ1n) is 4.99. The maximum atomic E-state index is 4.07. The van der Waals surface area contributed by atoms with E-state index in [1.54, 1.807) is 0 Å². The van der Waals surface area contributed by atoms with Crippen LogP contribution in [0.5, 0.6) is 0 Å². The standard InChI is InChI=1S/C11H20N2/c1-4-5-8-12-10(2)11-7-6-9-13(11)3/h4-5,11-12H,2,6-9H2,1,3H3/b5-4+. The van der Waals surface area contributed by atoms with Crippen molar-refractivity contribution < 1.29 is 0 Å². The van der Waals surface area contributed by atoms with Crippen molar-refractivity contribution in [3.63, 3.8) is 0 Å². The number of hydrogen-bond acceptors (Lipinski definition) is 2. The molecule has 2 heteroatoms. The minimum Gasteiger partial charge on any atom is -0.384 e. The van der Waals surface area contributed by atoms with Crippen LogP contribution in [-0.2, 0) is 0 Å². The van der Waals surface area contributed by atoms with Gasteiger partial charge in [0.25, 0.3) is 0 Å². The molecule has 74 valence electrons. The van der Waals surface area contributed by atoms with Gasteiger partial charge in [0, 0.05) is 18.3 Å². The molecule has 0 amide bonds. The van der Waals surface area contributed by atoms with Crippen LogP contribution < -0.4 is 5.32 Å². The fourth-order valence-corrected chi connectivity index (χ4v) is 1.78. The number of hydrogen-bond donors (Lipinski definition) is 1. The Morgan fingerprint density at radius 3 is 3.00 bits per heavy atom. The van der Waals surface area contributed by atoms with Crippen molar-refractivity contribution >= 4 is 0 Å². The molecule has 1 aliphatic rings. The van der Waals surface area contributed by atoms with Gasteiger partial charge < -0.3 is 5.32 Å². The van der Waals surface area contributed by atoms with Crippen LogP contribution in [0.1, 0.15) is 19.8 Å². The minimum absolute atomic E-state index is 0.547. The van der Waals surface area contributed by atoms with Crippen LogP contribution in [0.25, 0.3) is 0 Å². The molecule has 1 fully saturated rings. The number of likely N-dealkylation sites (N-methyl/N-ethyl adjacent to an activating group) is 1. The van der Waals surface area contributed by atoms with Crippen LogP contribution in [0.4, 0.5) is 0 Å². The van der Waals surface area contributed by atoms with E-state index in [2.05, 4.69) is 36.0 Å². The Bertz CT molecular complexity index is 196. The Hall–Kier alpha value is -0.760. The predicted octanol–water partition coefficient (Wildman–Crippen LogP) is 1.76. The van der Waals surface area contributed by atoms with Crippen LogP contribution in [-0.4, -0.2) is 31.1 Å². The van der Waals surface area contributed by atoms with E-state index in [-0.39, 0.29) is 0 Å². The maximum Gasteiger partial charge on any atom is 0.0486 e. The summed E-state index contributed by atoms with van der Waals surface area (Å²) >= 11 is 0. The van der Waals surface area contributed by atoms with Crippen LogP contribution in [0.2, 0.25) is 0 Å². The van der Waals surface area contributed by atoms with E-state index in [0.29, 0.717) is 6.04 Å². The van der Waals surface area contributed by atoms with Crippen molar-refractivity contribution in [2.24, 2.45) is 0 Å². The average Bonchev–Trinajstić information content (AvgIpc) is 2.52. The molecule has 0 spiro atoms. The molecule has 1 unspecified atom stereocenters. The molecule has 1 rings (SSSR count). The predicted molar refractivity (Wildman–Crippen MR) is 57.6 cm³/mol. The fraction of sp³-hybridized carbons (Fsp3) is 0.636. The van der Waals surface area contributed by atoms with Gasteiger partial charge in [-0.2, -0.15) is 0 Å². The summed E-state index contributed by atoms with van der Waals surface area (Å²) in [7, 11) is 2.17. The van der Waals surface area contributed by atoms with E-state index in [0.717, 1.165) is 12.2 Å². The van der Waals surface area contributed by atoms with Crippen molar-refractivity contribution in [3.8, 4) is 0 Å². The topological polar surface area (TPSA) is 15.3 Å². The normalized spacial score (nSPS) is 24.0. The molecule has 13 heavy (non-hydrogen) atoms. The molecule has 0 aromatic heterocycles. The molecule has 1 heterocycles. The maximum absolute atomic E-state index is 4.07. The van der Waals surface area contributed by atoms with Crippen LogP contribution in [0, 0.1) is 0 Å². The Kier molecular flexibility index (Phi) is 4.03. The van der Waals surface area contributed by atoms with E-state index in [9.17, 15) is 0 Å². The van der Waals surface area contributed by atoms with E-state index in [4.69, 9.17) is 0 Å². The molecule has 1 N–H and O–H groups in total. The van der Waals surface area contributed by atoms with Gasteiger partial charge in [-0.25, -0.2) is 0 Å². The van der Waals surface area contributed by atoms with Gasteiger partial charge in [0.2, 0.25) is 0 Å². The molecule has 1 atom stereocenters. The Labute approximate surface area is 81.3 Å². The highest BCUT2D eigenvalue weighted by Crippen LogP contribution is 2.18. The van der Waals surface area contributed by atoms with E-state index >= 15 is 0 Å². The van der Waals surface area contributed by atoms with Crippen LogP contribution in [0.15, 0.2) is 24.4 Å². The summed E-state index contributed by atoms with van der Waals surface area (Å²) in [6.45, 7) is 8.21. The zero-order chi connectivity index (χ0) is 9.68. The SMILES string of the molecule is C=C(NC/C=C/C)C1CCCN1C. The second kappa shape index (κ2) is 5.07. The third-order valence-electron chi connectivity index (χ3n) is 2.61. The number of nitrogens with one attached hydrogen (secondary N) is 1. The van der Waals surface area contributed by atoms with Gasteiger partial charge in [0.05, 0.1) is 0 Å². The molecule has 0 aromatic carbocycles. The van der Waals surface area contributed by atoms with Gasteiger partial charge in [0.15, 0.2) is 0 Å². The molecular formula is C11H20N2. The summed E-state index contributed by atoms with van der Waals surface area (Å²) in [5.41, 5.74) is 1.16. The number of rotatable bonds is 4. The Balaban J connectivity index is 2.30. The lowest BCUT2D eigenvalue weighted by Crippen LogP contribution is -2.32. The molecule has 0 bridgehead atoms. The Morgan fingerprint density at radius 2 is 2.46 bits per heavy atom. The third kappa shape index (κ3) is 2.88. The first-order chi connectivity index (χ1) is 6.25. The highest BCUT2D eigenvalue weighted by atomic mass is 15.2. The molecule has 0 saturated carbocycles. The van der Waals surface area contributed by atoms with E-state index < -0.39 is 0 Å². The van der Waals surface area contributed by atoms with E-state index in [1.165, 1.54) is 19.4 Å². The summed E-state index contributed by atoms with van der Waals surface area (Å²) < 4.78 is 0. The summed E-state index contributed by atoms with van der Waals surface area (Å²) in [6, 6.07) is 0.547.